The van der Waals surface area contributed by atoms with Crippen LogP contribution in [0.25, 0.3) is 11.1 Å². The van der Waals surface area contributed by atoms with Crippen LogP contribution in [0.15, 0.2) is 65.8 Å². The van der Waals surface area contributed by atoms with Crippen LogP contribution in [-0.4, -0.2) is 10.9 Å². The Morgan fingerprint density at radius 3 is 2.20 bits per heavy atom. The molecule has 4 rings (SSSR count). The van der Waals surface area contributed by atoms with Gasteiger partial charge in [-0.3, -0.25) is 0 Å². The minimum absolute atomic E-state index is 0.0855. The summed E-state index contributed by atoms with van der Waals surface area (Å²) in [7, 11) is 0. The minimum Gasteiger partial charge on any atom is -0.507 e. The first-order valence-corrected chi connectivity index (χ1v) is 10.2. The van der Waals surface area contributed by atoms with Crippen molar-refractivity contribution in [3.8, 4) is 16.9 Å². The first-order chi connectivity index (χ1) is 14.2. The van der Waals surface area contributed by atoms with Crippen molar-refractivity contribution in [1.29, 1.82) is 0 Å². The lowest BCUT2D eigenvalue weighted by atomic mass is 9.83. The van der Waals surface area contributed by atoms with E-state index in [1.54, 1.807) is 0 Å². The van der Waals surface area contributed by atoms with Crippen LogP contribution >= 0.6 is 0 Å². The predicted molar refractivity (Wildman–Crippen MR) is 122 cm³/mol. The number of benzene rings is 3. The van der Waals surface area contributed by atoms with Crippen molar-refractivity contribution in [1.82, 2.24) is 5.32 Å². The number of hydrogen-bond acceptors (Lipinski definition) is 4. The van der Waals surface area contributed by atoms with E-state index in [-0.39, 0.29) is 11.2 Å². The molecule has 3 aromatic carbocycles. The summed E-state index contributed by atoms with van der Waals surface area (Å²) in [6.07, 6.45) is -0.549. The Morgan fingerprint density at radius 1 is 0.900 bits per heavy atom. The highest BCUT2D eigenvalue weighted by atomic mass is 16.7. The molecule has 0 aliphatic carbocycles. The summed E-state index contributed by atoms with van der Waals surface area (Å²) in [5.74, 6) is 0.879. The molecule has 4 nitrogen and oxygen atoms in total. The molecule has 1 aliphatic rings. The molecule has 0 aromatic heterocycles. The van der Waals surface area contributed by atoms with Crippen molar-refractivity contribution < 1.29 is 9.94 Å². The Labute approximate surface area is 178 Å². The number of phenolic OH excluding ortho intramolecular Hbond substituents is 1. The monoisotopic (exact) mass is 400 g/mol. The van der Waals surface area contributed by atoms with Crippen molar-refractivity contribution in [2.45, 2.75) is 46.3 Å². The highest BCUT2D eigenvalue weighted by molar-refractivity contribution is 5.99. The zero-order valence-electron chi connectivity index (χ0n) is 18.2. The summed E-state index contributed by atoms with van der Waals surface area (Å²) in [6, 6.07) is 20.3. The summed E-state index contributed by atoms with van der Waals surface area (Å²) in [5.41, 5.74) is 6.81. The van der Waals surface area contributed by atoms with Crippen molar-refractivity contribution in [3.05, 3.63) is 88.5 Å². The van der Waals surface area contributed by atoms with Crippen molar-refractivity contribution in [2.24, 2.45) is 5.16 Å². The van der Waals surface area contributed by atoms with Gasteiger partial charge in [-0.05, 0) is 42.5 Å². The summed E-state index contributed by atoms with van der Waals surface area (Å²) >= 11 is 0. The molecule has 1 heterocycles. The molecule has 0 fully saturated rings. The molecule has 154 valence electrons. The van der Waals surface area contributed by atoms with Crippen molar-refractivity contribution >= 4 is 5.84 Å². The summed E-state index contributed by atoms with van der Waals surface area (Å²) < 4.78 is 0. The van der Waals surface area contributed by atoms with Gasteiger partial charge < -0.3 is 15.3 Å². The molecular formula is C26H28N2O2. The summed E-state index contributed by atoms with van der Waals surface area (Å²) in [4.78, 5) is 5.71. The van der Waals surface area contributed by atoms with Gasteiger partial charge in [0, 0.05) is 11.1 Å². The molecule has 1 atom stereocenters. The molecule has 3 aromatic rings. The fraction of sp³-hybridized carbons (Fsp3) is 0.269. The highest BCUT2D eigenvalue weighted by Gasteiger charge is 2.29. The number of oxime groups is 1. The second-order valence-electron chi connectivity index (χ2n) is 9.02. The second-order valence-corrected chi connectivity index (χ2v) is 9.02. The number of nitrogens with zero attached hydrogens (tertiary/aromatic N) is 1. The van der Waals surface area contributed by atoms with Gasteiger partial charge in [-0.15, -0.1) is 0 Å². The molecule has 4 heteroatoms. The lowest BCUT2D eigenvalue weighted by Crippen LogP contribution is -2.24. The van der Waals surface area contributed by atoms with Crippen LogP contribution in [0.5, 0.6) is 5.75 Å². The lowest BCUT2D eigenvalue weighted by Gasteiger charge is -2.24. The maximum absolute atomic E-state index is 11.3. The van der Waals surface area contributed by atoms with Crippen LogP contribution in [0.4, 0.5) is 0 Å². The molecule has 0 bridgehead atoms. The lowest BCUT2D eigenvalue weighted by molar-refractivity contribution is 0.0710. The number of phenols is 1. The molecular weight excluding hydrogens is 372 g/mol. The third-order valence-corrected chi connectivity index (χ3v) is 5.39. The van der Waals surface area contributed by atoms with Crippen LogP contribution in [0.3, 0.4) is 0 Å². The molecule has 0 radical (unpaired) electrons. The smallest absolute Gasteiger partial charge is 0.228 e. The number of nitrogens with one attached hydrogen (secondary N) is 1. The van der Waals surface area contributed by atoms with E-state index in [0.717, 1.165) is 33.4 Å². The van der Waals surface area contributed by atoms with E-state index < -0.39 is 6.23 Å². The van der Waals surface area contributed by atoms with Gasteiger partial charge in [-0.1, -0.05) is 85.6 Å². The Balaban J connectivity index is 1.79. The minimum atomic E-state index is -0.549. The van der Waals surface area contributed by atoms with E-state index in [0.29, 0.717) is 11.4 Å². The largest absolute Gasteiger partial charge is 0.507 e. The van der Waals surface area contributed by atoms with Crippen LogP contribution < -0.4 is 5.32 Å². The molecule has 1 unspecified atom stereocenters. The van der Waals surface area contributed by atoms with E-state index in [1.165, 1.54) is 0 Å². The molecule has 1 aliphatic heterocycles. The Hall–Kier alpha value is -3.27. The number of amidine groups is 1. The van der Waals surface area contributed by atoms with Crippen LogP contribution in [0.1, 0.15) is 54.8 Å². The second kappa shape index (κ2) is 7.52. The van der Waals surface area contributed by atoms with E-state index in [1.807, 2.05) is 36.4 Å². The maximum atomic E-state index is 11.3. The van der Waals surface area contributed by atoms with Gasteiger partial charge >= 0.3 is 0 Å². The SMILES string of the molecule is Cc1cc(C)cc(-c2cc(C(C)(C)C)cc(C3NC(c4ccccc4)=NO3)c2O)c1. The maximum Gasteiger partial charge on any atom is 0.228 e. The number of hydrogen-bond donors (Lipinski definition) is 2. The van der Waals surface area contributed by atoms with Crippen LogP contribution in [0.2, 0.25) is 0 Å². The normalized spacial score (nSPS) is 16.0. The van der Waals surface area contributed by atoms with E-state index >= 15 is 0 Å². The number of aryl methyl sites for hydroxylation is 2. The summed E-state index contributed by atoms with van der Waals surface area (Å²) in [5, 5.41) is 18.8. The predicted octanol–water partition coefficient (Wildman–Crippen LogP) is 5.95. The van der Waals surface area contributed by atoms with Gasteiger partial charge in [0.2, 0.25) is 6.23 Å². The van der Waals surface area contributed by atoms with Gasteiger partial charge in [-0.25, -0.2) is 0 Å². The molecule has 30 heavy (non-hydrogen) atoms. The fourth-order valence-electron chi connectivity index (χ4n) is 3.79. The molecule has 0 spiro atoms. The highest BCUT2D eigenvalue weighted by Crippen LogP contribution is 2.41. The number of aromatic hydroxyl groups is 1. The third kappa shape index (κ3) is 3.90. The van der Waals surface area contributed by atoms with Crippen molar-refractivity contribution in [2.75, 3.05) is 0 Å². The topological polar surface area (TPSA) is 53.9 Å². The van der Waals surface area contributed by atoms with Gasteiger partial charge in [-0.2, -0.15) is 0 Å². The summed E-state index contributed by atoms with van der Waals surface area (Å²) in [6.45, 7) is 10.7. The van der Waals surface area contributed by atoms with Gasteiger partial charge in [0.15, 0.2) is 5.84 Å². The van der Waals surface area contributed by atoms with E-state index in [4.69, 9.17) is 4.84 Å². The average molecular weight is 401 g/mol. The number of rotatable bonds is 3. The van der Waals surface area contributed by atoms with Crippen molar-refractivity contribution in [3.63, 3.8) is 0 Å². The van der Waals surface area contributed by atoms with Crippen LogP contribution in [-0.2, 0) is 10.3 Å². The average Bonchev–Trinajstić information content (AvgIpc) is 3.17. The quantitative estimate of drug-likeness (QED) is 0.571. The first kappa shape index (κ1) is 20.0. The van der Waals surface area contributed by atoms with Crippen LogP contribution in [0, 0.1) is 13.8 Å². The molecule has 0 amide bonds. The molecule has 2 N–H and O–H groups in total. The van der Waals surface area contributed by atoms with Gasteiger partial charge in [0.1, 0.15) is 5.75 Å². The molecule has 0 saturated heterocycles. The standard InChI is InChI=1S/C26H28N2O2/c1-16-11-17(2)13-19(12-16)21-14-20(26(3,4)5)15-22(23(21)29)25-27-24(28-30-25)18-9-7-6-8-10-18/h6-15,25,29H,1-5H3,(H,27,28). The zero-order valence-corrected chi connectivity index (χ0v) is 18.2. The fourth-order valence-corrected chi connectivity index (χ4v) is 3.79. The van der Waals surface area contributed by atoms with Gasteiger partial charge in [0.05, 0.1) is 5.56 Å². The van der Waals surface area contributed by atoms with E-state index in [2.05, 4.69) is 69.4 Å². The molecule has 0 saturated carbocycles. The first-order valence-electron chi connectivity index (χ1n) is 10.2. The Kier molecular flexibility index (Phi) is 5.02. The van der Waals surface area contributed by atoms with E-state index in [9.17, 15) is 5.11 Å². The zero-order chi connectivity index (χ0) is 21.5. The Bertz CT molecular complexity index is 1090. The van der Waals surface area contributed by atoms with Gasteiger partial charge in [0.25, 0.3) is 0 Å². The third-order valence-electron chi connectivity index (χ3n) is 5.39. The Morgan fingerprint density at radius 2 is 1.57 bits per heavy atom.